The number of nitrogens with one attached hydrogen (secondary N) is 1. The van der Waals surface area contributed by atoms with Gasteiger partial charge in [0.25, 0.3) is 0 Å². The van der Waals surface area contributed by atoms with E-state index in [2.05, 4.69) is 21.2 Å². The molecule has 0 heterocycles. The second kappa shape index (κ2) is 5.87. The van der Waals surface area contributed by atoms with Crippen molar-refractivity contribution >= 4 is 21.6 Å². The van der Waals surface area contributed by atoms with Gasteiger partial charge in [-0.05, 0) is 52.2 Å². The molecule has 0 amide bonds. The number of halogens is 4. The summed E-state index contributed by atoms with van der Waals surface area (Å²) in [6, 6.07) is 11.5. The van der Waals surface area contributed by atoms with E-state index in [-0.39, 0.29) is 0 Å². The Bertz CT molecular complexity index is 608. The molecule has 0 saturated carbocycles. The molecular formula is C15H13BrF3N. The van der Waals surface area contributed by atoms with Crippen molar-refractivity contribution in [2.75, 3.05) is 5.32 Å². The van der Waals surface area contributed by atoms with Crippen molar-refractivity contribution in [1.29, 1.82) is 0 Å². The Morgan fingerprint density at radius 3 is 2.40 bits per heavy atom. The van der Waals surface area contributed by atoms with Gasteiger partial charge < -0.3 is 5.32 Å². The first kappa shape index (κ1) is 14.9. The SMILES string of the molecule is Cc1ccccc1CNc1ccc(C(F)(F)F)cc1Br. The average Bonchev–Trinajstić information content (AvgIpc) is 2.38. The number of benzene rings is 2. The molecule has 0 aliphatic heterocycles. The summed E-state index contributed by atoms with van der Waals surface area (Å²) < 4.78 is 38.1. The summed E-state index contributed by atoms with van der Waals surface area (Å²) >= 11 is 3.17. The van der Waals surface area contributed by atoms with Crippen LogP contribution >= 0.6 is 15.9 Å². The maximum atomic E-state index is 12.6. The fourth-order valence-electron chi connectivity index (χ4n) is 1.83. The zero-order valence-electron chi connectivity index (χ0n) is 10.8. The molecule has 5 heteroatoms. The van der Waals surface area contributed by atoms with Gasteiger partial charge in [-0.15, -0.1) is 0 Å². The molecule has 0 bridgehead atoms. The lowest BCUT2D eigenvalue weighted by Gasteiger charge is -2.13. The molecule has 0 atom stereocenters. The van der Waals surface area contributed by atoms with Crippen LogP contribution in [0, 0.1) is 6.92 Å². The summed E-state index contributed by atoms with van der Waals surface area (Å²) in [7, 11) is 0. The van der Waals surface area contributed by atoms with Crippen LogP contribution in [0.1, 0.15) is 16.7 Å². The van der Waals surface area contributed by atoms with E-state index in [1.165, 1.54) is 6.07 Å². The molecule has 0 radical (unpaired) electrons. The van der Waals surface area contributed by atoms with Gasteiger partial charge in [0.1, 0.15) is 0 Å². The normalized spacial score (nSPS) is 11.4. The number of aryl methyl sites for hydroxylation is 1. The van der Waals surface area contributed by atoms with Crippen LogP contribution in [0.5, 0.6) is 0 Å². The van der Waals surface area contributed by atoms with Gasteiger partial charge in [-0.2, -0.15) is 13.2 Å². The topological polar surface area (TPSA) is 12.0 Å². The minimum atomic E-state index is -4.32. The largest absolute Gasteiger partial charge is 0.416 e. The molecule has 0 aromatic heterocycles. The van der Waals surface area contributed by atoms with Gasteiger partial charge in [0.2, 0.25) is 0 Å². The van der Waals surface area contributed by atoms with Crippen LogP contribution in [0.4, 0.5) is 18.9 Å². The van der Waals surface area contributed by atoms with E-state index in [0.29, 0.717) is 16.7 Å². The second-order valence-electron chi connectivity index (χ2n) is 4.47. The van der Waals surface area contributed by atoms with Crippen LogP contribution < -0.4 is 5.32 Å². The molecule has 0 aliphatic carbocycles. The lowest BCUT2D eigenvalue weighted by Crippen LogP contribution is -2.06. The van der Waals surface area contributed by atoms with Gasteiger partial charge in [-0.25, -0.2) is 0 Å². The average molecular weight is 344 g/mol. The van der Waals surface area contributed by atoms with E-state index in [4.69, 9.17) is 0 Å². The Hall–Kier alpha value is -1.49. The van der Waals surface area contributed by atoms with Gasteiger partial charge in [-0.3, -0.25) is 0 Å². The smallest absolute Gasteiger partial charge is 0.380 e. The molecule has 1 nitrogen and oxygen atoms in total. The molecule has 2 rings (SSSR count). The third kappa shape index (κ3) is 3.54. The van der Waals surface area contributed by atoms with Crippen LogP contribution in [-0.4, -0.2) is 0 Å². The summed E-state index contributed by atoms with van der Waals surface area (Å²) in [5.41, 5.74) is 2.23. The number of hydrogen-bond donors (Lipinski definition) is 1. The fourth-order valence-corrected chi connectivity index (χ4v) is 2.35. The third-order valence-corrected chi connectivity index (χ3v) is 3.68. The molecule has 1 N–H and O–H groups in total. The molecule has 0 unspecified atom stereocenters. The van der Waals surface area contributed by atoms with Crippen LogP contribution in [0.3, 0.4) is 0 Å². The zero-order valence-corrected chi connectivity index (χ0v) is 12.3. The highest BCUT2D eigenvalue weighted by atomic mass is 79.9. The molecular weight excluding hydrogens is 331 g/mol. The van der Waals surface area contributed by atoms with Crippen LogP contribution in [-0.2, 0) is 12.7 Å². The molecule has 2 aromatic rings. The molecule has 0 fully saturated rings. The van der Waals surface area contributed by atoms with Gasteiger partial charge in [0.15, 0.2) is 0 Å². The quantitative estimate of drug-likeness (QED) is 0.787. The predicted molar refractivity (Wildman–Crippen MR) is 77.6 cm³/mol. The molecule has 0 aliphatic rings. The highest BCUT2D eigenvalue weighted by Crippen LogP contribution is 2.34. The van der Waals surface area contributed by atoms with E-state index in [9.17, 15) is 13.2 Å². The Balaban J connectivity index is 2.13. The minimum Gasteiger partial charge on any atom is -0.380 e. The molecule has 2 aromatic carbocycles. The van der Waals surface area contributed by atoms with Crippen LogP contribution in [0.2, 0.25) is 0 Å². The summed E-state index contributed by atoms with van der Waals surface area (Å²) in [5, 5.41) is 3.13. The Labute approximate surface area is 123 Å². The van der Waals surface area contributed by atoms with Crippen LogP contribution in [0.15, 0.2) is 46.9 Å². The minimum absolute atomic E-state index is 0.404. The maximum absolute atomic E-state index is 12.6. The Kier molecular flexibility index (Phi) is 4.38. The van der Waals surface area contributed by atoms with Crippen molar-refractivity contribution in [1.82, 2.24) is 0 Å². The Morgan fingerprint density at radius 1 is 1.10 bits per heavy atom. The highest BCUT2D eigenvalue weighted by Gasteiger charge is 2.30. The standard InChI is InChI=1S/C15H13BrF3N/c1-10-4-2-3-5-11(10)9-20-14-7-6-12(8-13(14)16)15(17,18)19/h2-8,20H,9H2,1H3. The van der Waals surface area contributed by atoms with Crippen molar-refractivity contribution in [3.63, 3.8) is 0 Å². The maximum Gasteiger partial charge on any atom is 0.416 e. The monoisotopic (exact) mass is 343 g/mol. The predicted octanol–water partition coefficient (Wildman–Crippen LogP) is 5.39. The lowest BCUT2D eigenvalue weighted by molar-refractivity contribution is -0.137. The van der Waals surface area contributed by atoms with Crippen molar-refractivity contribution in [2.45, 2.75) is 19.6 Å². The first-order valence-electron chi connectivity index (χ1n) is 6.03. The van der Waals surface area contributed by atoms with Crippen molar-refractivity contribution in [2.24, 2.45) is 0 Å². The summed E-state index contributed by atoms with van der Waals surface area (Å²) in [6.45, 7) is 2.56. The molecule has 20 heavy (non-hydrogen) atoms. The first-order valence-corrected chi connectivity index (χ1v) is 6.82. The molecule has 0 saturated heterocycles. The first-order chi connectivity index (χ1) is 9.38. The number of alkyl halides is 3. The molecule has 106 valence electrons. The number of rotatable bonds is 3. The van der Waals surface area contributed by atoms with Gasteiger partial charge in [0, 0.05) is 16.7 Å². The third-order valence-electron chi connectivity index (χ3n) is 3.03. The lowest BCUT2D eigenvalue weighted by atomic mass is 10.1. The Morgan fingerprint density at radius 2 is 1.80 bits per heavy atom. The summed E-state index contributed by atoms with van der Waals surface area (Å²) in [5.74, 6) is 0. The van der Waals surface area contributed by atoms with Crippen molar-refractivity contribution in [3.05, 3.63) is 63.6 Å². The number of anilines is 1. The van der Waals surface area contributed by atoms with Crippen molar-refractivity contribution < 1.29 is 13.2 Å². The van der Waals surface area contributed by atoms with Gasteiger partial charge in [0.05, 0.1) is 5.56 Å². The number of hydrogen-bond acceptors (Lipinski definition) is 1. The van der Waals surface area contributed by atoms with E-state index in [1.807, 2.05) is 31.2 Å². The van der Waals surface area contributed by atoms with E-state index in [1.54, 1.807) is 0 Å². The van der Waals surface area contributed by atoms with Gasteiger partial charge >= 0.3 is 6.18 Å². The van der Waals surface area contributed by atoms with E-state index in [0.717, 1.165) is 23.3 Å². The second-order valence-corrected chi connectivity index (χ2v) is 5.33. The van der Waals surface area contributed by atoms with Crippen LogP contribution in [0.25, 0.3) is 0 Å². The summed E-state index contributed by atoms with van der Waals surface area (Å²) in [4.78, 5) is 0. The zero-order chi connectivity index (χ0) is 14.8. The summed E-state index contributed by atoms with van der Waals surface area (Å²) in [6.07, 6.45) is -4.32. The highest BCUT2D eigenvalue weighted by molar-refractivity contribution is 9.10. The van der Waals surface area contributed by atoms with Crippen molar-refractivity contribution in [3.8, 4) is 0 Å². The fraction of sp³-hybridized carbons (Fsp3) is 0.200. The molecule has 0 spiro atoms. The van der Waals surface area contributed by atoms with Gasteiger partial charge in [-0.1, -0.05) is 24.3 Å². The van der Waals surface area contributed by atoms with E-state index < -0.39 is 11.7 Å². The van der Waals surface area contributed by atoms with E-state index >= 15 is 0 Å².